The first-order chi connectivity index (χ1) is 8.27. The fourth-order valence-corrected chi connectivity index (χ4v) is 4.31. The summed E-state index contributed by atoms with van der Waals surface area (Å²) < 4.78 is 0. The summed E-state index contributed by atoms with van der Waals surface area (Å²) in [4.78, 5) is 3.92. The van der Waals surface area contributed by atoms with Gasteiger partial charge in [0.25, 0.3) is 0 Å². The van der Waals surface area contributed by atoms with Gasteiger partial charge < -0.3 is 5.32 Å². The molecule has 0 bridgehead atoms. The summed E-state index contributed by atoms with van der Waals surface area (Å²) >= 11 is 7.95. The van der Waals surface area contributed by atoms with Gasteiger partial charge in [-0.1, -0.05) is 11.6 Å². The normalized spacial score (nSPS) is 24.5. The number of nitrogens with zero attached hydrogens (tertiary/aromatic N) is 1. The van der Waals surface area contributed by atoms with Gasteiger partial charge in [0.1, 0.15) is 0 Å². The molecule has 17 heavy (non-hydrogen) atoms. The van der Waals surface area contributed by atoms with Gasteiger partial charge in [0.2, 0.25) is 0 Å². The van der Waals surface area contributed by atoms with Crippen molar-refractivity contribution in [3.05, 3.63) is 21.3 Å². The third-order valence-electron chi connectivity index (χ3n) is 4.24. The molecule has 2 nitrogen and oxygen atoms in total. The second-order valence-electron chi connectivity index (χ2n) is 5.40. The molecule has 3 rings (SSSR count). The summed E-state index contributed by atoms with van der Waals surface area (Å²) in [5.41, 5.74) is 0.606. The lowest BCUT2D eigenvalue weighted by Crippen LogP contribution is -2.38. The van der Waals surface area contributed by atoms with Crippen molar-refractivity contribution in [1.82, 2.24) is 10.2 Å². The Morgan fingerprint density at radius 3 is 2.88 bits per heavy atom. The van der Waals surface area contributed by atoms with Crippen LogP contribution >= 0.6 is 22.9 Å². The molecule has 1 aromatic rings. The van der Waals surface area contributed by atoms with E-state index < -0.39 is 0 Å². The fraction of sp³-hybridized carbons (Fsp3) is 0.692. The topological polar surface area (TPSA) is 15.3 Å². The molecule has 0 atom stereocenters. The van der Waals surface area contributed by atoms with Gasteiger partial charge in [0, 0.05) is 18.0 Å². The Morgan fingerprint density at radius 2 is 2.18 bits per heavy atom. The van der Waals surface area contributed by atoms with E-state index in [1.54, 1.807) is 11.3 Å². The Morgan fingerprint density at radius 1 is 1.35 bits per heavy atom. The highest BCUT2D eigenvalue weighted by atomic mass is 35.5. The monoisotopic (exact) mass is 270 g/mol. The zero-order valence-electron chi connectivity index (χ0n) is 10.0. The van der Waals surface area contributed by atoms with E-state index in [0.717, 1.165) is 11.6 Å². The summed E-state index contributed by atoms with van der Waals surface area (Å²) in [6.45, 7) is 5.96. The average molecular weight is 271 g/mol. The van der Waals surface area contributed by atoms with Gasteiger partial charge >= 0.3 is 0 Å². The molecule has 0 amide bonds. The second kappa shape index (κ2) is 4.88. The van der Waals surface area contributed by atoms with Crippen molar-refractivity contribution in [2.75, 3.05) is 26.2 Å². The van der Waals surface area contributed by atoms with Gasteiger partial charge in [-0.3, -0.25) is 4.90 Å². The summed E-state index contributed by atoms with van der Waals surface area (Å²) in [7, 11) is 0. The molecule has 2 saturated heterocycles. The van der Waals surface area contributed by atoms with E-state index in [1.807, 2.05) is 6.07 Å². The maximum Gasteiger partial charge on any atom is 0.0558 e. The van der Waals surface area contributed by atoms with Crippen LogP contribution in [0.1, 0.15) is 24.1 Å². The number of halogens is 1. The van der Waals surface area contributed by atoms with Gasteiger partial charge in [0.15, 0.2) is 0 Å². The minimum absolute atomic E-state index is 0.606. The summed E-state index contributed by atoms with van der Waals surface area (Å²) in [6.07, 6.45) is 4.07. The molecular formula is C13H19ClN2S. The smallest absolute Gasteiger partial charge is 0.0558 e. The molecule has 1 N–H and O–H groups in total. The summed E-state index contributed by atoms with van der Waals surface area (Å²) in [5.74, 6) is 0. The number of rotatable bonds is 2. The summed E-state index contributed by atoms with van der Waals surface area (Å²) in [6, 6.07) is 2.01. The first kappa shape index (κ1) is 12.0. The van der Waals surface area contributed by atoms with Crippen molar-refractivity contribution in [3.8, 4) is 0 Å². The van der Waals surface area contributed by atoms with Crippen LogP contribution in [0.3, 0.4) is 0 Å². The van der Waals surface area contributed by atoms with Gasteiger partial charge in [-0.15, -0.1) is 11.3 Å². The number of nitrogens with one attached hydrogen (secondary N) is 1. The Balaban J connectivity index is 1.62. The zero-order chi connectivity index (χ0) is 11.7. The lowest BCUT2D eigenvalue weighted by atomic mass is 9.78. The van der Waals surface area contributed by atoms with Crippen LogP contribution < -0.4 is 5.32 Å². The molecule has 0 aliphatic carbocycles. The van der Waals surface area contributed by atoms with Crippen molar-refractivity contribution in [1.29, 1.82) is 0 Å². The summed E-state index contributed by atoms with van der Waals surface area (Å²) in [5, 5.41) is 6.50. The van der Waals surface area contributed by atoms with Crippen LogP contribution in [0.2, 0.25) is 5.02 Å². The van der Waals surface area contributed by atoms with E-state index in [1.165, 1.54) is 50.3 Å². The van der Waals surface area contributed by atoms with Crippen molar-refractivity contribution in [3.63, 3.8) is 0 Å². The molecule has 0 aromatic carbocycles. The predicted molar refractivity (Wildman–Crippen MR) is 73.8 cm³/mol. The minimum Gasteiger partial charge on any atom is -0.317 e. The number of hydrogen-bond acceptors (Lipinski definition) is 3. The predicted octanol–water partition coefficient (Wildman–Crippen LogP) is 2.98. The first-order valence-electron chi connectivity index (χ1n) is 6.42. The molecule has 94 valence electrons. The standard InChI is InChI=1S/C13H19ClN2S/c14-11-1-8-17-12(11)9-16-7-4-13(10-16)2-5-15-6-3-13/h1,8,15H,2-7,9-10H2. The van der Waals surface area contributed by atoms with Crippen LogP contribution in [0.25, 0.3) is 0 Å². The maximum atomic E-state index is 6.17. The Hall–Kier alpha value is -0.0900. The van der Waals surface area contributed by atoms with Gasteiger partial charge in [-0.25, -0.2) is 0 Å². The third kappa shape index (κ3) is 2.53. The number of thiophene rings is 1. The number of hydrogen-bond donors (Lipinski definition) is 1. The van der Waals surface area contributed by atoms with Crippen molar-refractivity contribution < 1.29 is 0 Å². The molecular weight excluding hydrogens is 252 g/mol. The third-order valence-corrected chi connectivity index (χ3v) is 5.61. The first-order valence-corrected chi connectivity index (χ1v) is 7.68. The van der Waals surface area contributed by atoms with Crippen molar-refractivity contribution in [2.24, 2.45) is 5.41 Å². The Labute approximate surface area is 112 Å². The number of piperidine rings is 1. The molecule has 1 aromatic heterocycles. The molecule has 3 heterocycles. The largest absolute Gasteiger partial charge is 0.317 e. The lowest BCUT2D eigenvalue weighted by Gasteiger charge is -2.33. The van der Waals surface area contributed by atoms with Crippen LogP contribution in [-0.4, -0.2) is 31.1 Å². The molecule has 1 spiro atoms. The molecule has 2 aliphatic rings. The van der Waals surface area contributed by atoms with Crippen LogP contribution in [0.15, 0.2) is 11.4 Å². The quantitative estimate of drug-likeness (QED) is 0.889. The van der Waals surface area contributed by atoms with Crippen molar-refractivity contribution >= 4 is 22.9 Å². The van der Waals surface area contributed by atoms with Gasteiger partial charge in [-0.2, -0.15) is 0 Å². The van der Waals surface area contributed by atoms with Crippen molar-refractivity contribution in [2.45, 2.75) is 25.8 Å². The van der Waals surface area contributed by atoms with Gasteiger partial charge in [0.05, 0.1) is 5.02 Å². The maximum absolute atomic E-state index is 6.17. The molecule has 4 heteroatoms. The van der Waals surface area contributed by atoms with E-state index in [9.17, 15) is 0 Å². The van der Waals surface area contributed by atoms with E-state index >= 15 is 0 Å². The lowest BCUT2D eigenvalue weighted by molar-refractivity contribution is 0.194. The van der Waals surface area contributed by atoms with E-state index in [0.29, 0.717) is 5.41 Å². The van der Waals surface area contributed by atoms with E-state index in [4.69, 9.17) is 11.6 Å². The molecule has 0 saturated carbocycles. The van der Waals surface area contributed by atoms with Crippen LogP contribution in [0.5, 0.6) is 0 Å². The average Bonchev–Trinajstić information content (AvgIpc) is 2.90. The molecule has 0 radical (unpaired) electrons. The zero-order valence-corrected chi connectivity index (χ0v) is 11.6. The minimum atomic E-state index is 0.606. The van der Waals surface area contributed by atoms with Crippen LogP contribution in [0, 0.1) is 5.41 Å². The van der Waals surface area contributed by atoms with Gasteiger partial charge in [-0.05, 0) is 55.8 Å². The highest BCUT2D eigenvalue weighted by molar-refractivity contribution is 7.10. The fourth-order valence-electron chi connectivity index (χ4n) is 3.17. The SMILES string of the molecule is Clc1ccsc1CN1CCC2(CCNCC2)C1. The molecule has 2 aliphatic heterocycles. The van der Waals surface area contributed by atoms with E-state index in [2.05, 4.69) is 15.6 Å². The highest BCUT2D eigenvalue weighted by Gasteiger charge is 2.38. The van der Waals surface area contributed by atoms with E-state index in [-0.39, 0.29) is 0 Å². The second-order valence-corrected chi connectivity index (χ2v) is 6.81. The molecule has 2 fully saturated rings. The van der Waals surface area contributed by atoms with Crippen LogP contribution in [0.4, 0.5) is 0 Å². The molecule has 0 unspecified atom stereocenters. The highest BCUT2D eigenvalue weighted by Crippen LogP contribution is 2.39. The Bertz CT molecular complexity index is 385. The number of likely N-dealkylation sites (tertiary alicyclic amines) is 1. The Kier molecular flexibility index (Phi) is 3.44. The van der Waals surface area contributed by atoms with Crippen LogP contribution in [-0.2, 0) is 6.54 Å².